The Morgan fingerprint density at radius 2 is 1.50 bits per heavy atom. The molecule has 0 spiro atoms. The zero-order valence-corrected chi connectivity index (χ0v) is 14.8. The third-order valence-electron chi connectivity index (χ3n) is 4.58. The quantitative estimate of drug-likeness (QED) is 0.388. The minimum atomic E-state index is 0.910. The maximum atomic E-state index is 4.96. The topological polar surface area (TPSA) is 28.7 Å². The Bertz CT molecular complexity index is 1170. The Balaban J connectivity index is 1.73. The summed E-state index contributed by atoms with van der Waals surface area (Å²) < 4.78 is 0. The Labute approximate surface area is 155 Å². The van der Waals surface area contributed by atoms with Crippen molar-refractivity contribution in [3.8, 4) is 33.9 Å². The molecule has 5 rings (SSSR count). The van der Waals surface area contributed by atoms with Gasteiger partial charge in [-0.25, -0.2) is 4.98 Å². The molecule has 0 aliphatic heterocycles. The van der Waals surface area contributed by atoms with Crippen LogP contribution < -0.4 is 0 Å². The SMILES string of the molecule is c1ccc(-c2[nH]c(-c3ccsc3)nc2-c2ccc3ccccc3c2)cc1. The van der Waals surface area contributed by atoms with Crippen LogP contribution in [0.4, 0.5) is 0 Å². The number of rotatable bonds is 3. The van der Waals surface area contributed by atoms with Crippen LogP contribution in [0.5, 0.6) is 0 Å². The van der Waals surface area contributed by atoms with Crippen LogP contribution in [0.2, 0.25) is 0 Å². The maximum absolute atomic E-state index is 4.96. The summed E-state index contributed by atoms with van der Waals surface area (Å²) in [5.41, 5.74) is 5.44. The van der Waals surface area contributed by atoms with Crippen LogP contribution >= 0.6 is 11.3 Å². The highest BCUT2D eigenvalue weighted by atomic mass is 32.1. The van der Waals surface area contributed by atoms with Gasteiger partial charge in [-0.05, 0) is 28.3 Å². The van der Waals surface area contributed by atoms with Gasteiger partial charge in [0.25, 0.3) is 0 Å². The van der Waals surface area contributed by atoms with Crippen LogP contribution in [0, 0.1) is 0 Å². The van der Waals surface area contributed by atoms with Gasteiger partial charge in [0, 0.05) is 22.1 Å². The van der Waals surface area contributed by atoms with E-state index in [0.717, 1.165) is 33.9 Å². The summed E-state index contributed by atoms with van der Waals surface area (Å²) in [5, 5.41) is 6.67. The lowest BCUT2D eigenvalue weighted by atomic mass is 10.0. The lowest BCUT2D eigenvalue weighted by Gasteiger charge is -2.05. The first-order chi connectivity index (χ1) is 12.9. The summed E-state index contributed by atoms with van der Waals surface area (Å²) in [5.74, 6) is 0.910. The summed E-state index contributed by atoms with van der Waals surface area (Å²) in [7, 11) is 0. The van der Waals surface area contributed by atoms with E-state index in [1.807, 2.05) is 6.07 Å². The first-order valence-corrected chi connectivity index (χ1v) is 9.50. The number of nitrogens with one attached hydrogen (secondary N) is 1. The number of H-pyrrole nitrogens is 1. The minimum Gasteiger partial charge on any atom is -0.337 e. The molecule has 0 saturated heterocycles. The van der Waals surface area contributed by atoms with Gasteiger partial charge in [0.15, 0.2) is 0 Å². The molecule has 0 saturated carbocycles. The molecule has 0 bridgehead atoms. The smallest absolute Gasteiger partial charge is 0.139 e. The molecule has 3 heteroatoms. The van der Waals surface area contributed by atoms with E-state index in [9.17, 15) is 0 Å². The Morgan fingerprint density at radius 3 is 2.31 bits per heavy atom. The fraction of sp³-hybridized carbons (Fsp3) is 0. The summed E-state index contributed by atoms with van der Waals surface area (Å²) in [4.78, 5) is 8.50. The van der Waals surface area contributed by atoms with E-state index in [2.05, 4.69) is 88.5 Å². The molecular weight excluding hydrogens is 336 g/mol. The largest absolute Gasteiger partial charge is 0.337 e. The standard InChI is InChI=1S/C23H16N2S/c1-2-7-17(8-3-1)21-22(25-23(24-21)20-12-13-26-15-20)19-11-10-16-6-4-5-9-18(16)14-19/h1-15H,(H,24,25). The molecule has 0 aliphatic carbocycles. The highest BCUT2D eigenvalue weighted by Crippen LogP contribution is 2.34. The first-order valence-electron chi connectivity index (χ1n) is 8.56. The lowest BCUT2D eigenvalue weighted by molar-refractivity contribution is 1.32. The molecule has 5 aromatic rings. The molecule has 0 unspecified atom stereocenters. The van der Waals surface area contributed by atoms with Gasteiger partial charge in [-0.3, -0.25) is 0 Å². The van der Waals surface area contributed by atoms with Gasteiger partial charge in [0.05, 0.1) is 11.4 Å². The molecule has 3 aromatic carbocycles. The van der Waals surface area contributed by atoms with E-state index in [-0.39, 0.29) is 0 Å². The van der Waals surface area contributed by atoms with Crippen LogP contribution in [0.15, 0.2) is 89.6 Å². The molecule has 0 fully saturated rings. The number of thiophene rings is 1. The van der Waals surface area contributed by atoms with Crippen molar-refractivity contribution in [2.24, 2.45) is 0 Å². The van der Waals surface area contributed by atoms with E-state index >= 15 is 0 Å². The minimum absolute atomic E-state index is 0.910. The lowest BCUT2D eigenvalue weighted by Crippen LogP contribution is -1.84. The monoisotopic (exact) mass is 352 g/mol. The van der Waals surface area contributed by atoms with E-state index in [0.29, 0.717) is 0 Å². The van der Waals surface area contributed by atoms with Crippen molar-refractivity contribution in [3.05, 3.63) is 89.6 Å². The second-order valence-corrected chi connectivity index (χ2v) is 7.03. The third-order valence-corrected chi connectivity index (χ3v) is 5.27. The second kappa shape index (κ2) is 6.28. The Kier molecular flexibility index (Phi) is 3.65. The predicted octanol–water partition coefficient (Wildman–Crippen LogP) is 6.63. The van der Waals surface area contributed by atoms with E-state index < -0.39 is 0 Å². The molecule has 26 heavy (non-hydrogen) atoms. The average molecular weight is 352 g/mol. The number of hydrogen-bond donors (Lipinski definition) is 1. The number of hydrogen-bond acceptors (Lipinski definition) is 2. The van der Waals surface area contributed by atoms with Crippen molar-refractivity contribution in [3.63, 3.8) is 0 Å². The Morgan fingerprint density at radius 1 is 0.692 bits per heavy atom. The number of aromatic amines is 1. The van der Waals surface area contributed by atoms with Gasteiger partial charge in [-0.15, -0.1) is 0 Å². The van der Waals surface area contributed by atoms with Crippen molar-refractivity contribution in [1.82, 2.24) is 9.97 Å². The summed E-state index contributed by atoms with van der Waals surface area (Å²) in [6.07, 6.45) is 0. The molecule has 2 aromatic heterocycles. The van der Waals surface area contributed by atoms with Crippen LogP contribution in [0.25, 0.3) is 44.7 Å². The predicted molar refractivity (Wildman–Crippen MR) is 110 cm³/mol. The van der Waals surface area contributed by atoms with E-state index in [1.165, 1.54) is 10.8 Å². The number of aromatic nitrogens is 2. The van der Waals surface area contributed by atoms with Crippen molar-refractivity contribution in [2.45, 2.75) is 0 Å². The van der Waals surface area contributed by atoms with Gasteiger partial charge >= 0.3 is 0 Å². The molecular formula is C23H16N2S. The molecule has 2 heterocycles. The van der Waals surface area contributed by atoms with Crippen LogP contribution in [-0.4, -0.2) is 9.97 Å². The summed E-state index contributed by atoms with van der Waals surface area (Å²) in [6, 6.07) is 27.5. The van der Waals surface area contributed by atoms with Gasteiger partial charge in [0.2, 0.25) is 0 Å². The average Bonchev–Trinajstić information content (AvgIpc) is 3.38. The molecule has 124 valence electrons. The van der Waals surface area contributed by atoms with Crippen molar-refractivity contribution in [2.75, 3.05) is 0 Å². The fourth-order valence-corrected chi connectivity index (χ4v) is 3.91. The van der Waals surface area contributed by atoms with Gasteiger partial charge < -0.3 is 4.98 Å². The molecule has 0 atom stereocenters. The molecule has 0 radical (unpaired) electrons. The Hall–Kier alpha value is -3.17. The molecule has 0 amide bonds. The fourth-order valence-electron chi connectivity index (χ4n) is 3.27. The van der Waals surface area contributed by atoms with Crippen LogP contribution in [-0.2, 0) is 0 Å². The molecule has 2 nitrogen and oxygen atoms in total. The second-order valence-electron chi connectivity index (χ2n) is 6.25. The highest BCUT2D eigenvalue weighted by molar-refractivity contribution is 7.08. The highest BCUT2D eigenvalue weighted by Gasteiger charge is 2.15. The first kappa shape index (κ1) is 15.1. The summed E-state index contributed by atoms with van der Waals surface area (Å²) >= 11 is 1.68. The molecule has 1 N–H and O–H groups in total. The summed E-state index contributed by atoms with van der Waals surface area (Å²) in [6.45, 7) is 0. The van der Waals surface area contributed by atoms with Crippen LogP contribution in [0.3, 0.4) is 0 Å². The van der Waals surface area contributed by atoms with Gasteiger partial charge in [-0.2, -0.15) is 11.3 Å². The number of nitrogens with zero attached hydrogens (tertiary/aromatic N) is 1. The third kappa shape index (κ3) is 2.63. The van der Waals surface area contributed by atoms with E-state index in [1.54, 1.807) is 11.3 Å². The van der Waals surface area contributed by atoms with Gasteiger partial charge in [0.1, 0.15) is 5.82 Å². The van der Waals surface area contributed by atoms with E-state index in [4.69, 9.17) is 4.98 Å². The number of benzene rings is 3. The normalized spacial score (nSPS) is 11.1. The van der Waals surface area contributed by atoms with Crippen molar-refractivity contribution in [1.29, 1.82) is 0 Å². The van der Waals surface area contributed by atoms with Gasteiger partial charge in [-0.1, -0.05) is 66.7 Å². The number of fused-ring (bicyclic) bond motifs is 1. The van der Waals surface area contributed by atoms with Crippen LogP contribution in [0.1, 0.15) is 0 Å². The zero-order chi connectivity index (χ0) is 17.3. The van der Waals surface area contributed by atoms with Crippen molar-refractivity contribution < 1.29 is 0 Å². The molecule has 0 aliphatic rings. The number of imidazole rings is 1. The maximum Gasteiger partial charge on any atom is 0.139 e. The van der Waals surface area contributed by atoms with Crippen molar-refractivity contribution >= 4 is 22.1 Å². The zero-order valence-electron chi connectivity index (χ0n) is 14.0.